The van der Waals surface area contributed by atoms with Gasteiger partial charge in [-0.15, -0.1) is 5.10 Å². The van der Waals surface area contributed by atoms with Crippen LogP contribution in [0.2, 0.25) is 0 Å². The first kappa shape index (κ1) is 12.9. The fourth-order valence-electron chi connectivity index (χ4n) is 1.51. The first-order chi connectivity index (χ1) is 9.22. The zero-order chi connectivity index (χ0) is 13.7. The van der Waals surface area contributed by atoms with E-state index in [1.165, 1.54) is 4.57 Å². The van der Waals surface area contributed by atoms with E-state index in [2.05, 4.69) is 10.2 Å². The summed E-state index contributed by atoms with van der Waals surface area (Å²) in [4.78, 5) is 22.9. The van der Waals surface area contributed by atoms with Gasteiger partial charge in [0, 0.05) is 0 Å². The predicted molar refractivity (Wildman–Crippen MR) is 66.3 cm³/mol. The van der Waals surface area contributed by atoms with Gasteiger partial charge in [0.15, 0.2) is 6.61 Å². The van der Waals surface area contributed by atoms with Crippen LogP contribution in [0.5, 0.6) is 6.01 Å². The van der Waals surface area contributed by atoms with E-state index in [0.29, 0.717) is 5.69 Å². The number of carbonyl (C=O) groups excluding carboxylic acids is 1. The third-order valence-electron chi connectivity index (χ3n) is 2.28. The maximum Gasteiger partial charge on any atom is 0.350 e. The van der Waals surface area contributed by atoms with Gasteiger partial charge in [-0.3, -0.25) is 0 Å². The minimum Gasteiger partial charge on any atom is -0.463 e. The number of rotatable bonds is 5. The van der Waals surface area contributed by atoms with Crippen molar-refractivity contribution in [3.8, 4) is 11.7 Å². The molecule has 1 aromatic heterocycles. The Balaban J connectivity index is 2.19. The number of benzene rings is 1. The Morgan fingerprint density at radius 3 is 2.79 bits per heavy atom. The van der Waals surface area contributed by atoms with Crippen LogP contribution in [0.4, 0.5) is 0 Å². The smallest absolute Gasteiger partial charge is 0.350 e. The standard InChI is InChI=1S/C12H13N3O4/c1-2-18-10(16)8-19-12-14-13-11(17)15(12)9-6-4-3-5-7-9/h3-7H,2,8H2,1H3,(H,13,17). The molecule has 1 aromatic carbocycles. The Morgan fingerprint density at radius 1 is 1.37 bits per heavy atom. The number of ether oxygens (including phenoxy) is 2. The summed E-state index contributed by atoms with van der Waals surface area (Å²) in [6.07, 6.45) is 0. The normalized spacial score (nSPS) is 10.2. The first-order valence-electron chi connectivity index (χ1n) is 5.73. The van der Waals surface area contributed by atoms with Gasteiger partial charge in [-0.2, -0.15) is 0 Å². The van der Waals surface area contributed by atoms with Crippen molar-refractivity contribution in [2.45, 2.75) is 6.92 Å². The Morgan fingerprint density at radius 2 is 2.11 bits per heavy atom. The van der Waals surface area contributed by atoms with E-state index in [1.807, 2.05) is 6.07 Å². The molecule has 2 aromatic rings. The molecule has 19 heavy (non-hydrogen) atoms. The highest BCUT2D eigenvalue weighted by Gasteiger charge is 2.13. The Kier molecular flexibility index (Phi) is 3.97. The number of nitrogens with one attached hydrogen (secondary N) is 1. The van der Waals surface area contributed by atoms with Crippen LogP contribution < -0.4 is 10.4 Å². The highest BCUT2D eigenvalue weighted by atomic mass is 16.6. The number of nitrogens with zero attached hydrogens (tertiary/aromatic N) is 2. The number of para-hydroxylation sites is 1. The fourth-order valence-corrected chi connectivity index (χ4v) is 1.51. The van der Waals surface area contributed by atoms with Crippen molar-refractivity contribution < 1.29 is 14.3 Å². The maximum absolute atomic E-state index is 11.7. The minimum absolute atomic E-state index is 0.0178. The van der Waals surface area contributed by atoms with Gasteiger partial charge in [0.05, 0.1) is 12.3 Å². The molecule has 0 atom stereocenters. The molecule has 0 amide bonds. The lowest BCUT2D eigenvalue weighted by molar-refractivity contribution is -0.145. The van der Waals surface area contributed by atoms with E-state index in [-0.39, 0.29) is 19.2 Å². The second kappa shape index (κ2) is 5.85. The fraction of sp³-hybridized carbons (Fsp3) is 0.250. The number of hydrogen-bond acceptors (Lipinski definition) is 5. The van der Waals surface area contributed by atoms with Crippen LogP contribution in [0.1, 0.15) is 6.92 Å². The van der Waals surface area contributed by atoms with Gasteiger partial charge in [-0.1, -0.05) is 18.2 Å². The predicted octanol–water partition coefficient (Wildman–Crippen LogP) is 0.502. The lowest BCUT2D eigenvalue weighted by Gasteiger charge is -2.06. The SMILES string of the molecule is CCOC(=O)COc1n[nH]c(=O)n1-c1ccccc1. The van der Waals surface area contributed by atoms with Crippen LogP contribution in [0, 0.1) is 0 Å². The molecule has 7 nitrogen and oxygen atoms in total. The number of carbonyl (C=O) groups is 1. The monoisotopic (exact) mass is 263 g/mol. The van der Waals surface area contributed by atoms with Crippen LogP contribution >= 0.6 is 0 Å². The molecule has 1 N–H and O–H groups in total. The average molecular weight is 263 g/mol. The summed E-state index contributed by atoms with van der Waals surface area (Å²) in [5, 5.41) is 5.99. The minimum atomic E-state index is -0.516. The van der Waals surface area contributed by atoms with Crippen molar-refractivity contribution in [2.75, 3.05) is 13.2 Å². The third-order valence-corrected chi connectivity index (χ3v) is 2.28. The molecular weight excluding hydrogens is 250 g/mol. The van der Waals surface area contributed by atoms with E-state index < -0.39 is 11.7 Å². The molecule has 0 spiro atoms. The summed E-state index contributed by atoms with van der Waals surface area (Å²) in [5.74, 6) is -0.516. The average Bonchev–Trinajstić information content (AvgIpc) is 2.79. The maximum atomic E-state index is 11.7. The summed E-state index contributed by atoms with van der Waals surface area (Å²) in [6, 6.07) is 8.87. The molecule has 0 aliphatic rings. The van der Waals surface area contributed by atoms with Crippen LogP contribution in [0.25, 0.3) is 5.69 Å². The zero-order valence-electron chi connectivity index (χ0n) is 10.3. The largest absolute Gasteiger partial charge is 0.463 e. The van der Waals surface area contributed by atoms with Crippen molar-refractivity contribution in [3.05, 3.63) is 40.8 Å². The van der Waals surface area contributed by atoms with Crippen molar-refractivity contribution in [2.24, 2.45) is 0 Å². The molecule has 0 radical (unpaired) electrons. The van der Waals surface area contributed by atoms with Gasteiger partial charge in [-0.05, 0) is 19.1 Å². The van der Waals surface area contributed by atoms with Crippen molar-refractivity contribution >= 4 is 5.97 Å². The van der Waals surface area contributed by atoms with Crippen molar-refractivity contribution in [3.63, 3.8) is 0 Å². The van der Waals surface area contributed by atoms with Crippen LogP contribution in [-0.2, 0) is 9.53 Å². The first-order valence-corrected chi connectivity index (χ1v) is 5.73. The van der Waals surface area contributed by atoms with Gasteiger partial charge < -0.3 is 9.47 Å². The second-order valence-electron chi connectivity index (χ2n) is 3.58. The van der Waals surface area contributed by atoms with Gasteiger partial charge in [-0.25, -0.2) is 19.3 Å². The number of hydrogen-bond donors (Lipinski definition) is 1. The van der Waals surface area contributed by atoms with Crippen LogP contribution in [0.3, 0.4) is 0 Å². The number of H-pyrrole nitrogens is 1. The molecule has 0 aliphatic carbocycles. The molecule has 100 valence electrons. The summed E-state index contributed by atoms with van der Waals surface area (Å²) in [6.45, 7) is 1.67. The molecule has 2 rings (SSSR count). The van der Waals surface area contributed by atoms with Crippen LogP contribution in [0.15, 0.2) is 35.1 Å². The van der Waals surface area contributed by atoms with E-state index in [9.17, 15) is 9.59 Å². The third kappa shape index (κ3) is 3.01. The van der Waals surface area contributed by atoms with E-state index in [1.54, 1.807) is 31.2 Å². The molecule has 0 aliphatic heterocycles. The highest BCUT2D eigenvalue weighted by molar-refractivity contribution is 5.70. The zero-order valence-corrected chi connectivity index (χ0v) is 10.3. The van der Waals surface area contributed by atoms with E-state index in [4.69, 9.17) is 9.47 Å². The Labute approximate surface area is 108 Å². The summed E-state index contributed by atoms with van der Waals surface area (Å²) >= 11 is 0. The summed E-state index contributed by atoms with van der Waals surface area (Å²) in [5.41, 5.74) is 0.158. The molecule has 0 saturated heterocycles. The van der Waals surface area contributed by atoms with Crippen LogP contribution in [-0.4, -0.2) is 33.9 Å². The number of esters is 1. The summed E-state index contributed by atoms with van der Waals surface area (Å²) in [7, 11) is 0. The molecule has 7 heteroatoms. The topological polar surface area (TPSA) is 86.2 Å². The Hall–Kier alpha value is -2.57. The van der Waals surface area contributed by atoms with Gasteiger partial charge in [0.25, 0.3) is 0 Å². The Bertz CT molecular complexity index is 603. The van der Waals surface area contributed by atoms with Gasteiger partial charge in [0.1, 0.15) is 0 Å². The van der Waals surface area contributed by atoms with E-state index in [0.717, 1.165) is 0 Å². The quantitative estimate of drug-likeness (QED) is 0.794. The molecule has 0 saturated carbocycles. The van der Waals surface area contributed by atoms with Gasteiger partial charge >= 0.3 is 17.7 Å². The van der Waals surface area contributed by atoms with Gasteiger partial charge in [0.2, 0.25) is 0 Å². The molecular formula is C12H13N3O4. The molecule has 0 fully saturated rings. The summed E-state index contributed by atoms with van der Waals surface area (Å²) < 4.78 is 11.1. The number of aromatic amines is 1. The lowest BCUT2D eigenvalue weighted by atomic mass is 10.3. The number of aromatic nitrogens is 3. The molecule has 0 bridgehead atoms. The van der Waals surface area contributed by atoms with Crippen molar-refractivity contribution in [1.29, 1.82) is 0 Å². The molecule has 0 unspecified atom stereocenters. The lowest BCUT2D eigenvalue weighted by Crippen LogP contribution is -2.19. The second-order valence-corrected chi connectivity index (χ2v) is 3.58. The van der Waals surface area contributed by atoms with E-state index >= 15 is 0 Å². The molecule has 1 heterocycles. The highest BCUT2D eigenvalue weighted by Crippen LogP contribution is 2.11. The van der Waals surface area contributed by atoms with Crippen molar-refractivity contribution in [1.82, 2.24) is 14.8 Å².